The number of hydrogen-bond donors (Lipinski definition) is 1. The second-order valence-electron chi connectivity index (χ2n) is 7.05. The first kappa shape index (κ1) is 24.5. The molecule has 0 spiro atoms. The topological polar surface area (TPSA) is 65.0 Å². The van der Waals surface area contributed by atoms with Gasteiger partial charge in [0.25, 0.3) is 0 Å². The molecule has 1 N–H and O–H groups in total. The lowest BCUT2D eigenvalue weighted by atomic mass is 10.1. The molecule has 2 aromatic rings. The van der Waals surface area contributed by atoms with Gasteiger partial charge in [0, 0.05) is 18.9 Å². The number of carbonyl (C=O) groups is 1. The van der Waals surface area contributed by atoms with Gasteiger partial charge in [0.1, 0.15) is 17.3 Å². The minimum absolute atomic E-state index is 0.102. The smallest absolute Gasteiger partial charge is 0.419 e. The number of aliphatic carboxylic acids is 1. The van der Waals surface area contributed by atoms with Crippen LogP contribution in [0.5, 0.6) is 11.5 Å². The van der Waals surface area contributed by atoms with E-state index in [4.69, 9.17) is 14.2 Å². The van der Waals surface area contributed by atoms with E-state index in [9.17, 15) is 27.5 Å². The van der Waals surface area contributed by atoms with E-state index in [1.807, 2.05) is 0 Å². The fourth-order valence-corrected chi connectivity index (χ4v) is 2.78. The molecule has 0 aromatic heterocycles. The van der Waals surface area contributed by atoms with E-state index < -0.39 is 35.4 Å². The zero-order valence-electron chi connectivity index (χ0n) is 17.1. The number of alkyl halides is 3. The van der Waals surface area contributed by atoms with Crippen molar-refractivity contribution in [2.75, 3.05) is 13.2 Å². The molecular weight excluding hydrogens is 420 g/mol. The summed E-state index contributed by atoms with van der Waals surface area (Å²) < 4.78 is 68.2. The summed E-state index contributed by atoms with van der Waals surface area (Å²) in [4.78, 5) is 11.3. The molecule has 2 aromatic carbocycles. The number of hydrogen-bond acceptors (Lipinski definition) is 4. The van der Waals surface area contributed by atoms with Crippen LogP contribution >= 0.6 is 0 Å². The number of halogens is 4. The second kappa shape index (κ2) is 11.0. The number of carboxylic acids is 1. The van der Waals surface area contributed by atoms with Gasteiger partial charge < -0.3 is 19.3 Å². The van der Waals surface area contributed by atoms with Gasteiger partial charge in [-0.3, -0.25) is 0 Å². The summed E-state index contributed by atoms with van der Waals surface area (Å²) in [6.07, 6.45) is -5.46. The molecule has 0 saturated carbocycles. The number of benzene rings is 2. The lowest BCUT2D eigenvalue weighted by molar-refractivity contribution is -0.153. The Morgan fingerprint density at radius 2 is 1.77 bits per heavy atom. The molecule has 0 aliphatic rings. The Morgan fingerprint density at radius 3 is 2.42 bits per heavy atom. The highest BCUT2D eigenvalue weighted by atomic mass is 19.4. The Labute approximate surface area is 177 Å². The third-order valence-corrected chi connectivity index (χ3v) is 4.10. The summed E-state index contributed by atoms with van der Waals surface area (Å²) in [7, 11) is 0. The van der Waals surface area contributed by atoms with Crippen LogP contribution in [0.25, 0.3) is 0 Å². The first-order chi connectivity index (χ1) is 14.6. The van der Waals surface area contributed by atoms with Gasteiger partial charge >= 0.3 is 12.1 Å². The molecule has 0 heterocycles. The van der Waals surface area contributed by atoms with Crippen LogP contribution in [0.4, 0.5) is 17.6 Å². The predicted molar refractivity (Wildman–Crippen MR) is 105 cm³/mol. The van der Waals surface area contributed by atoms with Crippen LogP contribution < -0.4 is 9.47 Å². The second-order valence-corrected chi connectivity index (χ2v) is 7.05. The zero-order valence-corrected chi connectivity index (χ0v) is 17.1. The lowest BCUT2D eigenvalue weighted by Crippen LogP contribution is -2.29. The molecule has 0 aliphatic heterocycles. The molecule has 9 heteroatoms. The van der Waals surface area contributed by atoms with Crippen LogP contribution in [0.2, 0.25) is 0 Å². The van der Waals surface area contributed by atoms with Crippen molar-refractivity contribution in [2.24, 2.45) is 0 Å². The standard InChI is InChI=1S/C22H24F4O5/c1-14(2)31-20(21(27)28)12-15-5-3-6-17(11-15)29-9-4-10-30-19-13-16(23)7-8-18(19)22(24,25)26/h3,5-8,11,13-14,20H,4,9-10,12H2,1-2H3,(H,27,28)/t20-/m0/s1. The maximum absolute atomic E-state index is 13.3. The Morgan fingerprint density at radius 1 is 1.06 bits per heavy atom. The highest BCUT2D eigenvalue weighted by molar-refractivity contribution is 5.72. The SMILES string of the molecule is CC(C)O[C@@H](Cc1cccc(OCCCOc2cc(F)ccc2C(F)(F)F)c1)C(=O)O. The van der Waals surface area contributed by atoms with E-state index in [2.05, 4.69) is 0 Å². The summed E-state index contributed by atoms with van der Waals surface area (Å²) in [5.41, 5.74) is -0.337. The Bertz CT molecular complexity index is 867. The maximum atomic E-state index is 13.3. The third-order valence-electron chi connectivity index (χ3n) is 4.10. The summed E-state index contributed by atoms with van der Waals surface area (Å²) in [5.74, 6) is -1.97. The average molecular weight is 444 g/mol. The van der Waals surface area contributed by atoms with Gasteiger partial charge in [0.2, 0.25) is 0 Å². The zero-order chi connectivity index (χ0) is 23.0. The molecule has 1 atom stereocenters. The molecule has 0 saturated heterocycles. The van der Waals surface area contributed by atoms with Gasteiger partial charge in [-0.2, -0.15) is 13.2 Å². The summed E-state index contributed by atoms with van der Waals surface area (Å²) in [6.45, 7) is 3.54. The Balaban J connectivity index is 1.87. The largest absolute Gasteiger partial charge is 0.493 e. The van der Waals surface area contributed by atoms with Crippen molar-refractivity contribution in [1.29, 1.82) is 0 Å². The number of rotatable bonds is 11. The lowest BCUT2D eigenvalue weighted by Gasteiger charge is -2.17. The van der Waals surface area contributed by atoms with Crippen LogP contribution in [0.3, 0.4) is 0 Å². The van der Waals surface area contributed by atoms with Gasteiger partial charge in [-0.05, 0) is 43.7 Å². The van der Waals surface area contributed by atoms with E-state index in [1.54, 1.807) is 38.1 Å². The minimum Gasteiger partial charge on any atom is -0.493 e. The van der Waals surface area contributed by atoms with E-state index in [0.717, 1.165) is 6.07 Å². The third kappa shape index (κ3) is 8.09. The van der Waals surface area contributed by atoms with E-state index in [-0.39, 0.29) is 32.2 Å². The fraction of sp³-hybridized carbons (Fsp3) is 0.409. The van der Waals surface area contributed by atoms with Crippen molar-refractivity contribution in [3.8, 4) is 11.5 Å². The highest BCUT2D eigenvalue weighted by Gasteiger charge is 2.34. The average Bonchev–Trinajstić information content (AvgIpc) is 2.66. The van der Waals surface area contributed by atoms with Crippen molar-refractivity contribution >= 4 is 5.97 Å². The van der Waals surface area contributed by atoms with Gasteiger partial charge in [-0.15, -0.1) is 0 Å². The molecule has 31 heavy (non-hydrogen) atoms. The van der Waals surface area contributed by atoms with Crippen molar-refractivity contribution in [3.05, 3.63) is 59.4 Å². The van der Waals surface area contributed by atoms with Gasteiger partial charge in [-0.25, -0.2) is 9.18 Å². The molecule has 0 aliphatic carbocycles. The highest BCUT2D eigenvalue weighted by Crippen LogP contribution is 2.36. The molecule has 5 nitrogen and oxygen atoms in total. The number of ether oxygens (including phenoxy) is 3. The monoisotopic (exact) mass is 444 g/mol. The number of carboxylic acid groups (broad SMARTS) is 1. The quantitative estimate of drug-likeness (QED) is 0.385. The van der Waals surface area contributed by atoms with E-state index in [1.165, 1.54) is 0 Å². The molecule has 0 unspecified atom stereocenters. The normalized spacial score (nSPS) is 12.6. The van der Waals surface area contributed by atoms with E-state index >= 15 is 0 Å². The first-order valence-corrected chi connectivity index (χ1v) is 9.66. The first-order valence-electron chi connectivity index (χ1n) is 9.66. The van der Waals surface area contributed by atoms with Gasteiger partial charge in [0.05, 0.1) is 24.9 Å². The fourth-order valence-electron chi connectivity index (χ4n) is 2.78. The summed E-state index contributed by atoms with van der Waals surface area (Å²) in [5, 5.41) is 9.27. The molecule has 0 bridgehead atoms. The Kier molecular flexibility index (Phi) is 8.67. The molecule has 170 valence electrons. The molecule has 0 radical (unpaired) electrons. The summed E-state index contributed by atoms with van der Waals surface area (Å²) >= 11 is 0. The van der Waals surface area contributed by atoms with Crippen LogP contribution in [0, 0.1) is 5.82 Å². The molecule has 0 amide bonds. The maximum Gasteiger partial charge on any atom is 0.419 e. The van der Waals surface area contributed by atoms with E-state index in [0.29, 0.717) is 23.4 Å². The van der Waals surface area contributed by atoms with Crippen LogP contribution in [0.1, 0.15) is 31.4 Å². The Hall–Kier alpha value is -2.81. The van der Waals surface area contributed by atoms with Crippen LogP contribution in [0.15, 0.2) is 42.5 Å². The predicted octanol–water partition coefficient (Wildman–Crippen LogP) is 5.11. The molecular formula is C22H24F4O5. The van der Waals surface area contributed by atoms with Crippen molar-refractivity contribution in [3.63, 3.8) is 0 Å². The molecule has 2 rings (SSSR count). The van der Waals surface area contributed by atoms with Crippen LogP contribution in [-0.2, 0) is 22.1 Å². The minimum atomic E-state index is -4.65. The van der Waals surface area contributed by atoms with Crippen molar-refractivity contribution in [1.82, 2.24) is 0 Å². The van der Waals surface area contributed by atoms with Crippen molar-refractivity contribution < 1.29 is 41.7 Å². The van der Waals surface area contributed by atoms with Crippen molar-refractivity contribution in [2.45, 2.75) is 45.1 Å². The summed E-state index contributed by atoms with van der Waals surface area (Å²) in [6, 6.07) is 8.88. The molecule has 0 fully saturated rings. The van der Waals surface area contributed by atoms with Crippen LogP contribution in [-0.4, -0.2) is 36.5 Å². The van der Waals surface area contributed by atoms with Gasteiger partial charge in [0.15, 0.2) is 6.10 Å². The van der Waals surface area contributed by atoms with Gasteiger partial charge in [-0.1, -0.05) is 12.1 Å².